The van der Waals surface area contributed by atoms with E-state index >= 15 is 0 Å². The summed E-state index contributed by atoms with van der Waals surface area (Å²) in [4.78, 5) is 34.8. The Morgan fingerprint density at radius 3 is 2.48 bits per heavy atom. The molecular weight excluding hydrogens is 406 g/mol. The van der Waals surface area contributed by atoms with E-state index in [2.05, 4.69) is 17.2 Å². The Hall–Kier alpha value is -3.82. The Morgan fingerprint density at radius 2 is 1.90 bits per heavy atom. The molecule has 0 unspecified atom stereocenters. The number of methoxy groups -OCH3 is 2. The highest BCUT2D eigenvalue weighted by atomic mass is 16.6. The molecule has 0 atom stereocenters. The standard InChI is InChI=1S/C21H27N3O7/c1-5-7-11-22-20(25)16-13-18(29-3)19(30-4)14-17(16)23-21(26)31-12-9-8-10-15(6-2)24(27)28/h6,8-10,13-14H,2,5,7,11-12H2,1,3-4H3,(H,22,25)(H,23,26)/b9-8+,15-10+. The van der Waals surface area contributed by atoms with Gasteiger partial charge in [0.15, 0.2) is 11.5 Å². The van der Waals surface area contributed by atoms with Crippen molar-refractivity contribution < 1.29 is 28.7 Å². The zero-order valence-corrected chi connectivity index (χ0v) is 17.8. The predicted molar refractivity (Wildman–Crippen MR) is 116 cm³/mol. The summed E-state index contributed by atoms with van der Waals surface area (Å²) >= 11 is 0. The number of carbonyl (C=O) groups excluding carboxylic acids is 2. The molecule has 0 saturated carbocycles. The number of allylic oxidation sites excluding steroid dienone is 3. The van der Waals surface area contributed by atoms with Gasteiger partial charge in [-0.05, 0) is 18.6 Å². The number of nitro groups is 1. The van der Waals surface area contributed by atoms with Crippen molar-refractivity contribution in [1.29, 1.82) is 0 Å². The van der Waals surface area contributed by atoms with Gasteiger partial charge in [-0.2, -0.15) is 0 Å². The minimum absolute atomic E-state index is 0.143. The van der Waals surface area contributed by atoms with Gasteiger partial charge < -0.3 is 19.5 Å². The van der Waals surface area contributed by atoms with Gasteiger partial charge in [-0.15, -0.1) is 0 Å². The van der Waals surface area contributed by atoms with Gasteiger partial charge in [0.25, 0.3) is 11.6 Å². The lowest BCUT2D eigenvalue weighted by molar-refractivity contribution is -0.418. The van der Waals surface area contributed by atoms with Crippen LogP contribution in [-0.4, -0.2) is 44.3 Å². The van der Waals surface area contributed by atoms with Crippen molar-refractivity contribution in [3.63, 3.8) is 0 Å². The molecule has 0 heterocycles. The van der Waals surface area contributed by atoms with E-state index in [4.69, 9.17) is 14.2 Å². The fourth-order valence-electron chi connectivity index (χ4n) is 2.34. The normalized spacial score (nSPS) is 11.0. The summed E-state index contributed by atoms with van der Waals surface area (Å²) in [5.74, 6) is 0.275. The van der Waals surface area contributed by atoms with Crippen LogP contribution in [0.3, 0.4) is 0 Å². The van der Waals surface area contributed by atoms with E-state index in [1.54, 1.807) is 0 Å². The Kier molecular flexibility index (Phi) is 10.9. The maximum Gasteiger partial charge on any atom is 0.411 e. The van der Waals surface area contributed by atoms with Crippen LogP contribution in [-0.2, 0) is 4.74 Å². The van der Waals surface area contributed by atoms with E-state index < -0.39 is 11.0 Å². The van der Waals surface area contributed by atoms with E-state index in [9.17, 15) is 19.7 Å². The zero-order chi connectivity index (χ0) is 23.2. The number of ether oxygens (including phenoxy) is 3. The molecule has 0 aliphatic heterocycles. The van der Waals surface area contributed by atoms with Crippen LogP contribution < -0.4 is 20.1 Å². The lowest BCUT2D eigenvalue weighted by atomic mass is 10.1. The monoisotopic (exact) mass is 433 g/mol. The third kappa shape index (κ3) is 8.21. The molecular formula is C21H27N3O7. The molecule has 2 N–H and O–H groups in total. The third-order valence-electron chi connectivity index (χ3n) is 3.95. The summed E-state index contributed by atoms with van der Waals surface area (Å²) in [5, 5.41) is 15.9. The van der Waals surface area contributed by atoms with Crippen molar-refractivity contribution in [2.45, 2.75) is 19.8 Å². The lowest BCUT2D eigenvalue weighted by Crippen LogP contribution is -2.26. The lowest BCUT2D eigenvalue weighted by Gasteiger charge is -2.15. The Bertz CT molecular complexity index is 863. The average molecular weight is 433 g/mol. The average Bonchev–Trinajstić information content (AvgIpc) is 2.75. The Balaban J connectivity index is 2.91. The minimum Gasteiger partial charge on any atom is -0.493 e. The highest BCUT2D eigenvalue weighted by Crippen LogP contribution is 2.33. The second kappa shape index (κ2) is 13.4. The minimum atomic E-state index is -0.818. The number of amides is 2. The van der Waals surface area contributed by atoms with Gasteiger partial charge in [0.1, 0.15) is 6.61 Å². The van der Waals surface area contributed by atoms with E-state index in [0.29, 0.717) is 18.0 Å². The maximum absolute atomic E-state index is 12.6. The molecule has 10 nitrogen and oxygen atoms in total. The number of hydrogen-bond donors (Lipinski definition) is 2. The molecule has 168 valence electrons. The highest BCUT2D eigenvalue weighted by Gasteiger charge is 2.18. The maximum atomic E-state index is 12.6. The van der Waals surface area contributed by atoms with Crippen LogP contribution in [0.25, 0.3) is 0 Å². The summed E-state index contributed by atoms with van der Waals surface area (Å²) in [5.41, 5.74) is 0.179. The van der Waals surface area contributed by atoms with Crippen molar-refractivity contribution in [3.05, 3.63) is 64.4 Å². The number of unbranched alkanes of at least 4 members (excludes halogenated alkanes) is 1. The van der Waals surface area contributed by atoms with Gasteiger partial charge in [0.2, 0.25) is 0 Å². The number of carbonyl (C=O) groups is 2. The fourth-order valence-corrected chi connectivity index (χ4v) is 2.34. The van der Waals surface area contributed by atoms with E-state index in [-0.39, 0.29) is 29.5 Å². The third-order valence-corrected chi connectivity index (χ3v) is 3.95. The number of nitrogens with zero attached hydrogens (tertiary/aromatic N) is 1. The first-order chi connectivity index (χ1) is 14.9. The number of benzene rings is 1. The van der Waals surface area contributed by atoms with Crippen LogP contribution in [0.5, 0.6) is 11.5 Å². The number of anilines is 1. The summed E-state index contributed by atoms with van der Waals surface area (Å²) in [6, 6.07) is 2.93. The molecule has 2 amide bonds. The smallest absolute Gasteiger partial charge is 0.411 e. The van der Waals surface area contributed by atoms with Crippen LogP contribution in [0.2, 0.25) is 0 Å². The molecule has 1 aromatic rings. The molecule has 10 heteroatoms. The molecule has 1 rings (SSSR count). The van der Waals surface area contributed by atoms with Crippen molar-refractivity contribution >= 4 is 17.7 Å². The number of nitrogens with one attached hydrogen (secondary N) is 2. The molecule has 31 heavy (non-hydrogen) atoms. The molecule has 0 radical (unpaired) electrons. The van der Waals surface area contributed by atoms with E-state index in [0.717, 1.165) is 18.9 Å². The molecule has 0 spiro atoms. The van der Waals surface area contributed by atoms with Crippen molar-refractivity contribution in [3.8, 4) is 11.5 Å². The second-order valence-electron chi connectivity index (χ2n) is 6.07. The molecule has 0 saturated heterocycles. The number of rotatable bonds is 12. The van der Waals surface area contributed by atoms with Gasteiger partial charge in [0, 0.05) is 24.8 Å². The van der Waals surface area contributed by atoms with Gasteiger partial charge >= 0.3 is 6.09 Å². The van der Waals surface area contributed by atoms with Crippen LogP contribution in [0.4, 0.5) is 10.5 Å². The van der Waals surface area contributed by atoms with E-state index in [1.807, 2.05) is 6.92 Å². The summed E-state index contributed by atoms with van der Waals surface area (Å²) in [6.45, 7) is 5.69. The van der Waals surface area contributed by atoms with Crippen molar-refractivity contribution in [2.75, 3.05) is 32.7 Å². The number of hydrogen-bond acceptors (Lipinski definition) is 7. The SMILES string of the molecule is C=C/C(=C\C=C\COC(=O)Nc1cc(OC)c(OC)cc1C(=O)NCCCC)[N+](=O)[O-]. The molecule has 0 aliphatic rings. The fraction of sp³-hybridized carbons (Fsp3) is 0.333. The zero-order valence-electron chi connectivity index (χ0n) is 17.8. The Morgan fingerprint density at radius 1 is 1.23 bits per heavy atom. The van der Waals surface area contributed by atoms with Crippen LogP contribution in [0, 0.1) is 10.1 Å². The highest BCUT2D eigenvalue weighted by molar-refractivity contribution is 6.03. The van der Waals surface area contributed by atoms with Gasteiger partial charge in [-0.1, -0.05) is 26.0 Å². The van der Waals surface area contributed by atoms with Crippen molar-refractivity contribution in [2.24, 2.45) is 0 Å². The first-order valence-electron chi connectivity index (χ1n) is 9.49. The van der Waals surface area contributed by atoms with Crippen LogP contribution in [0.1, 0.15) is 30.1 Å². The molecule has 0 aliphatic carbocycles. The van der Waals surface area contributed by atoms with Crippen LogP contribution in [0.15, 0.2) is 48.7 Å². The predicted octanol–water partition coefficient (Wildman–Crippen LogP) is 3.69. The second-order valence-corrected chi connectivity index (χ2v) is 6.07. The van der Waals surface area contributed by atoms with Crippen LogP contribution >= 0.6 is 0 Å². The molecule has 0 fully saturated rings. The van der Waals surface area contributed by atoms with Gasteiger partial charge in [-0.3, -0.25) is 20.2 Å². The topological polar surface area (TPSA) is 129 Å². The largest absolute Gasteiger partial charge is 0.493 e. The van der Waals surface area contributed by atoms with Gasteiger partial charge in [-0.25, -0.2) is 4.79 Å². The Labute approximate surface area is 180 Å². The first kappa shape index (κ1) is 25.2. The quantitative estimate of drug-likeness (QED) is 0.223. The summed E-state index contributed by atoms with van der Waals surface area (Å²) in [7, 11) is 2.87. The van der Waals surface area contributed by atoms with E-state index in [1.165, 1.54) is 44.6 Å². The van der Waals surface area contributed by atoms with Crippen molar-refractivity contribution in [1.82, 2.24) is 5.32 Å². The first-order valence-corrected chi connectivity index (χ1v) is 9.49. The molecule has 0 aromatic heterocycles. The molecule has 0 bridgehead atoms. The summed E-state index contributed by atoms with van der Waals surface area (Å²) in [6.07, 6.45) is 6.03. The van der Waals surface area contributed by atoms with Gasteiger partial charge in [0.05, 0.1) is 30.4 Å². The molecule has 1 aromatic carbocycles. The summed E-state index contributed by atoms with van der Waals surface area (Å²) < 4.78 is 15.5.